The summed E-state index contributed by atoms with van der Waals surface area (Å²) in [6.07, 6.45) is 10.5. The first-order chi connectivity index (χ1) is 8.11. The van der Waals surface area contributed by atoms with Crippen molar-refractivity contribution >= 4 is 0 Å². The smallest absolute Gasteiger partial charge is 0.0642 e. The van der Waals surface area contributed by atoms with E-state index < -0.39 is 0 Å². The molecule has 2 rings (SSSR count). The fraction of sp³-hybridized carbons (Fsp3) is 0.786. The Kier molecular flexibility index (Phi) is 3.87. The number of aromatic nitrogens is 2. The Morgan fingerprint density at radius 1 is 1.47 bits per heavy atom. The molecule has 3 heteroatoms. The van der Waals surface area contributed by atoms with Gasteiger partial charge >= 0.3 is 0 Å². The van der Waals surface area contributed by atoms with Crippen molar-refractivity contribution in [2.75, 3.05) is 0 Å². The molecule has 2 N–H and O–H groups in total. The summed E-state index contributed by atoms with van der Waals surface area (Å²) < 4.78 is 2.16. The van der Waals surface area contributed by atoms with E-state index in [0.29, 0.717) is 6.04 Å². The summed E-state index contributed by atoms with van der Waals surface area (Å²) in [6.45, 7) is 4.31. The molecule has 1 aliphatic rings. The average Bonchev–Trinajstić information content (AvgIpc) is 2.85. The Balaban J connectivity index is 1.98. The third-order valence-corrected chi connectivity index (χ3v) is 3.77. The molecule has 3 nitrogen and oxygen atoms in total. The zero-order valence-electron chi connectivity index (χ0n) is 11.2. The minimum atomic E-state index is -0.108. The molecule has 1 heterocycles. The maximum Gasteiger partial charge on any atom is 0.0642 e. The molecule has 0 bridgehead atoms. The zero-order chi connectivity index (χ0) is 12.3. The quantitative estimate of drug-likeness (QED) is 0.852. The highest BCUT2D eigenvalue weighted by Crippen LogP contribution is 2.29. The summed E-state index contributed by atoms with van der Waals surface area (Å²) in [4.78, 5) is 0. The van der Waals surface area contributed by atoms with Crippen molar-refractivity contribution in [2.45, 2.75) is 70.4 Å². The van der Waals surface area contributed by atoms with Gasteiger partial charge in [0.2, 0.25) is 0 Å². The second-order valence-corrected chi connectivity index (χ2v) is 5.81. The van der Waals surface area contributed by atoms with E-state index >= 15 is 0 Å². The second kappa shape index (κ2) is 5.21. The number of nitrogens with two attached hydrogens (primary N) is 1. The van der Waals surface area contributed by atoms with Gasteiger partial charge in [-0.2, -0.15) is 5.10 Å². The molecule has 0 amide bonds. The highest BCUT2D eigenvalue weighted by atomic mass is 15.3. The predicted molar refractivity (Wildman–Crippen MR) is 70.9 cm³/mol. The van der Waals surface area contributed by atoms with E-state index in [4.69, 9.17) is 10.8 Å². The van der Waals surface area contributed by atoms with Crippen LogP contribution in [0.15, 0.2) is 12.3 Å². The summed E-state index contributed by atoms with van der Waals surface area (Å²) in [7, 11) is 0. The first-order valence-electron chi connectivity index (χ1n) is 6.93. The third-order valence-electron chi connectivity index (χ3n) is 3.77. The van der Waals surface area contributed by atoms with Gasteiger partial charge in [-0.25, -0.2) is 0 Å². The zero-order valence-corrected chi connectivity index (χ0v) is 11.2. The minimum absolute atomic E-state index is 0.108. The molecule has 0 aromatic carbocycles. The van der Waals surface area contributed by atoms with E-state index in [1.165, 1.54) is 25.7 Å². The predicted octanol–water partition coefficient (Wildman–Crippen LogP) is 3.06. The van der Waals surface area contributed by atoms with Gasteiger partial charge in [-0.3, -0.25) is 4.68 Å². The van der Waals surface area contributed by atoms with Crippen molar-refractivity contribution < 1.29 is 0 Å². The standard InChI is InChI=1S/C14H25N3/c1-3-9-14(2,15)11-12-8-10-17(16-12)13-6-4-5-7-13/h8,10,13H,3-7,9,11,15H2,1-2H3. The van der Waals surface area contributed by atoms with Crippen LogP contribution < -0.4 is 5.73 Å². The molecule has 1 unspecified atom stereocenters. The molecule has 1 aliphatic carbocycles. The number of hydrogen-bond donors (Lipinski definition) is 1. The van der Waals surface area contributed by atoms with Crippen LogP contribution in [-0.2, 0) is 6.42 Å². The van der Waals surface area contributed by atoms with Crippen LogP contribution in [0.25, 0.3) is 0 Å². The molecule has 1 aromatic rings. The van der Waals surface area contributed by atoms with E-state index in [1.807, 2.05) is 0 Å². The van der Waals surface area contributed by atoms with Gasteiger partial charge in [0.25, 0.3) is 0 Å². The van der Waals surface area contributed by atoms with Gasteiger partial charge in [-0.1, -0.05) is 26.2 Å². The average molecular weight is 235 g/mol. The van der Waals surface area contributed by atoms with E-state index in [2.05, 4.69) is 30.8 Å². The van der Waals surface area contributed by atoms with Crippen LogP contribution in [0.2, 0.25) is 0 Å². The minimum Gasteiger partial charge on any atom is -0.325 e. The van der Waals surface area contributed by atoms with Crippen LogP contribution in [0.3, 0.4) is 0 Å². The van der Waals surface area contributed by atoms with Crippen LogP contribution >= 0.6 is 0 Å². The highest BCUT2D eigenvalue weighted by molar-refractivity contribution is 5.05. The maximum absolute atomic E-state index is 6.27. The fourth-order valence-electron chi connectivity index (χ4n) is 2.92. The lowest BCUT2D eigenvalue weighted by molar-refractivity contribution is 0.410. The molecule has 0 radical (unpaired) electrons. The Morgan fingerprint density at radius 3 is 2.82 bits per heavy atom. The van der Waals surface area contributed by atoms with Crippen LogP contribution in [0, 0.1) is 0 Å². The molecule has 0 spiro atoms. The van der Waals surface area contributed by atoms with Crippen LogP contribution in [0.4, 0.5) is 0 Å². The first-order valence-corrected chi connectivity index (χ1v) is 6.93. The second-order valence-electron chi connectivity index (χ2n) is 5.81. The Labute approximate surface area is 104 Å². The van der Waals surface area contributed by atoms with Gasteiger partial charge in [-0.15, -0.1) is 0 Å². The largest absolute Gasteiger partial charge is 0.325 e. The molecule has 1 fully saturated rings. The van der Waals surface area contributed by atoms with Gasteiger partial charge in [0.05, 0.1) is 11.7 Å². The topological polar surface area (TPSA) is 43.8 Å². The maximum atomic E-state index is 6.27. The summed E-state index contributed by atoms with van der Waals surface area (Å²) in [5.74, 6) is 0. The van der Waals surface area contributed by atoms with Gasteiger partial charge in [0, 0.05) is 18.2 Å². The van der Waals surface area contributed by atoms with Crippen LogP contribution in [0.1, 0.15) is 64.1 Å². The first kappa shape index (κ1) is 12.6. The number of hydrogen-bond acceptors (Lipinski definition) is 2. The lowest BCUT2D eigenvalue weighted by Crippen LogP contribution is -2.38. The van der Waals surface area contributed by atoms with Crippen molar-refractivity contribution in [1.82, 2.24) is 9.78 Å². The van der Waals surface area contributed by atoms with E-state index in [9.17, 15) is 0 Å². The monoisotopic (exact) mass is 235 g/mol. The van der Waals surface area contributed by atoms with Crippen LogP contribution in [0.5, 0.6) is 0 Å². The van der Waals surface area contributed by atoms with E-state index in [0.717, 1.165) is 25.0 Å². The SMILES string of the molecule is CCCC(C)(N)Cc1ccn(C2CCCC2)n1. The van der Waals surface area contributed by atoms with Crippen molar-refractivity contribution in [3.05, 3.63) is 18.0 Å². The molecule has 1 aromatic heterocycles. The molecular formula is C14H25N3. The summed E-state index contributed by atoms with van der Waals surface area (Å²) in [5, 5.41) is 4.70. The number of nitrogens with zero attached hydrogens (tertiary/aromatic N) is 2. The molecule has 0 aliphatic heterocycles. The normalized spacial score (nSPS) is 20.6. The van der Waals surface area contributed by atoms with E-state index in [1.54, 1.807) is 0 Å². The summed E-state index contributed by atoms with van der Waals surface area (Å²) >= 11 is 0. The molecular weight excluding hydrogens is 210 g/mol. The third kappa shape index (κ3) is 3.32. The Bertz CT molecular complexity index is 348. The molecule has 96 valence electrons. The molecule has 0 saturated heterocycles. The van der Waals surface area contributed by atoms with Crippen molar-refractivity contribution in [3.63, 3.8) is 0 Å². The van der Waals surface area contributed by atoms with Gasteiger partial charge < -0.3 is 5.73 Å². The summed E-state index contributed by atoms with van der Waals surface area (Å²) in [6, 6.07) is 2.78. The lowest BCUT2D eigenvalue weighted by atomic mass is 9.92. The van der Waals surface area contributed by atoms with Crippen molar-refractivity contribution in [1.29, 1.82) is 0 Å². The molecule has 1 atom stereocenters. The highest BCUT2D eigenvalue weighted by Gasteiger charge is 2.21. The van der Waals surface area contributed by atoms with Gasteiger partial charge in [0.1, 0.15) is 0 Å². The van der Waals surface area contributed by atoms with Crippen molar-refractivity contribution in [2.24, 2.45) is 5.73 Å². The van der Waals surface area contributed by atoms with E-state index in [-0.39, 0.29) is 5.54 Å². The van der Waals surface area contributed by atoms with Crippen molar-refractivity contribution in [3.8, 4) is 0 Å². The number of rotatable bonds is 5. The van der Waals surface area contributed by atoms with Gasteiger partial charge in [0.15, 0.2) is 0 Å². The van der Waals surface area contributed by atoms with Gasteiger partial charge in [-0.05, 0) is 32.3 Å². The summed E-state index contributed by atoms with van der Waals surface area (Å²) in [5.41, 5.74) is 7.31. The lowest BCUT2D eigenvalue weighted by Gasteiger charge is -2.22. The fourth-order valence-corrected chi connectivity index (χ4v) is 2.92. The molecule has 1 saturated carbocycles. The Hall–Kier alpha value is -0.830. The van der Waals surface area contributed by atoms with Crippen LogP contribution in [-0.4, -0.2) is 15.3 Å². The Morgan fingerprint density at radius 2 is 2.18 bits per heavy atom. The molecule has 17 heavy (non-hydrogen) atoms.